The number of hydrogen-bond donors (Lipinski definition) is 2. The number of thiol groups is 1. The maximum atomic E-state index is 11.4. The lowest BCUT2D eigenvalue weighted by Gasteiger charge is -2.21. The van der Waals surface area contributed by atoms with Crippen molar-refractivity contribution in [3.63, 3.8) is 0 Å². The largest absolute Gasteiger partial charge is 0.465 e. The Labute approximate surface area is 112 Å². The molecule has 4 nitrogen and oxygen atoms in total. The van der Waals surface area contributed by atoms with Crippen LogP contribution in [0.25, 0.3) is 0 Å². The molecule has 0 saturated carbocycles. The summed E-state index contributed by atoms with van der Waals surface area (Å²) in [6, 6.07) is 3.11. The van der Waals surface area contributed by atoms with Crippen LogP contribution in [0.4, 0.5) is 0 Å². The highest BCUT2D eigenvalue weighted by Gasteiger charge is 2.23. The Morgan fingerprint density at radius 2 is 2.29 bits per heavy atom. The van der Waals surface area contributed by atoms with Crippen molar-refractivity contribution in [3.8, 4) is 5.75 Å². The van der Waals surface area contributed by atoms with Crippen molar-refractivity contribution in [1.29, 1.82) is 0 Å². The molecule has 0 saturated heterocycles. The van der Waals surface area contributed by atoms with Gasteiger partial charge in [-0.25, -0.2) is 4.79 Å². The van der Waals surface area contributed by atoms with E-state index >= 15 is 0 Å². The minimum absolute atomic E-state index is 0.316. The molecule has 0 fully saturated rings. The summed E-state index contributed by atoms with van der Waals surface area (Å²) < 4.78 is 10.6. The third-order valence-electron chi connectivity index (χ3n) is 2.32. The third kappa shape index (κ3) is 2.34. The second-order valence-electron chi connectivity index (χ2n) is 3.42. The van der Waals surface area contributed by atoms with Crippen LogP contribution in [0.1, 0.15) is 22.0 Å². The van der Waals surface area contributed by atoms with Gasteiger partial charge in [-0.05, 0) is 34.1 Å². The number of aliphatic hydroxyl groups is 1. The highest BCUT2D eigenvalue weighted by molar-refractivity contribution is 9.10. The van der Waals surface area contributed by atoms with Crippen molar-refractivity contribution in [1.82, 2.24) is 0 Å². The molecule has 0 aromatic heterocycles. The molecule has 0 aliphatic carbocycles. The summed E-state index contributed by atoms with van der Waals surface area (Å²) >= 11 is 7.32. The van der Waals surface area contributed by atoms with E-state index in [1.165, 1.54) is 19.3 Å². The summed E-state index contributed by atoms with van der Waals surface area (Å²) in [5.74, 6) is -0.0148. The summed E-state index contributed by atoms with van der Waals surface area (Å²) in [5.41, 5.74) is 0.842. The zero-order chi connectivity index (χ0) is 12.6. The van der Waals surface area contributed by atoms with Gasteiger partial charge < -0.3 is 14.6 Å². The summed E-state index contributed by atoms with van der Waals surface area (Å²) in [4.78, 5) is 11.4. The molecular weight excluding hydrogens is 308 g/mol. The third-order valence-corrected chi connectivity index (χ3v) is 3.15. The molecule has 1 N–H and O–H groups in total. The number of hydrogen-bond acceptors (Lipinski definition) is 5. The number of fused-ring (bicyclic) bond motifs is 1. The van der Waals surface area contributed by atoms with E-state index in [4.69, 9.17) is 4.74 Å². The van der Waals surface area contributed by atoms with E-state index in [2.05, 4.69) is 33.3 Å². The van der Waals surface area contributed by atoms with Crippen LogP contribution in [0.5, 0.6) is 5.75 Å². The molecule has 17 heavy (non-hydrogen) atoms. The van der Waals surface area contributed by atoms with Crippen LogP contribution in [-0.2, 0) is 4.74 Å². The Balaban J connectivity index is 2.53. The van der Waals surface area contributed by atoms with E-state index in [1.54, 1.807) is 6.07 Å². The molecule has 1 heterocycles. The van der Waals surface area contributed by atoms with E-state index in [0.29, 0.717) is 26.4 Å². The number of halogens is 1. The minimum Gasteiger partial charge on any atom is -0.465 e. The van der Waals surface area contributed by atoms with Gasteiger partial charge in [0.05, 0.1) is 17.1 Å². The van der Waals surface area contributed by atoms with Gasteiger partial charge in [0.15, 0.2) is 5.09 Å². The van der Waals surface area contributed by atoms with E-state index in [-0.39, 0.29) is 0 Å². The highest BCUT2D eigenvalue weighted by atomic mass is 79.9. The van der Waals surface area contributed by atoms with Crippen molar-refractivity contribution in [3.05, 3.63) is 38.9 Å². The standard InChI is InChI=1S/C11H9BrO4S/c1-15-11(14)5-2-6-8(13)4-9(17)16-10(6)7(12)3-5/h2-4,8,13,17H,1H3. The van der Waals surface area contributed by atoms with E-state index in [0.717, 1.165) is 0 Å². The van der Waals surface area contributed by atoms with Crippen molar-refractivity contribution < 1.29 is 19.4 Å². The lowest BCUT2D eigenvalue weighted by atomic mass is 10.0. The predicted molar refractivity (Wildman–Crippen MR) is 68.1 cm³/mol. The van der Waals surface area contributed by atoms with Crippen LogP contribution in [-0.4, -0.2) is 18.2 Å². The van der Waals surface area contributed by atoms with E-state index < -0.39 is 12.1 Å². The number of carbonyl (C=O) groups is 1. The molecule has 1 aliphatic heterocycles. The Bertz CT molecular complexity index is 512. The lowest BCUT2D eigenvalue weighted by Crippen LogP contribution is -2.10. The predicted octanol–water partition coefficient (Wildman–Crippen LogP) is 2.43. The SMILES string of the molecule is COC(=O)c1cc(Br)c2c(c1)C(O)C=C(S)O2. The second kappa shape index (κ2) is 4.72. The van der Waals surface area contributed by atoms with Crippen LogP contribution in [0.15, 0.2) is 27.8 Å². The highest BCUT2D eigenvalue weighted by Crippen LogP contribution is 2.40. The van der Waals surface area contributed by atoms with Gasteiger partial charge in [0.1, 0.15) is 11.9 Å². The molecule has 0 spiro atoms. The van der Waals surface area contributed by atoms with Crippen molar-refractivity contribution >= 4 is 34.5 Å². The molecule has 90 valence electrons. The maximum absolute atomic E-state index is 11.4. The van der Waals surface area contributed by atoms with Crippen molar-refractivity contribution in [2.24, 2.45) is 0 Å². The molecule has 6 heteroatoms. The molecule has 0 bridgehead atoms. The molecule has 1 aromatic rings. The summed E-state index contributed by atoms with van der Waals surface area (Å²) in [6.45, 7) is 0. The fourth-order valence-electron chi connectivity index (χ4n) is 1.54. The van der Waals surface area contributed by atoms with Crippen LogP contribution in [0.3, 0.4) is 0 Å². The van der Waals surface area contributed by atoms with Gasteiger partial charge in [-0.1, -0.05) is 0 Å². The van der Waals surface area contributed by atoms with Crippen LogP contribution in [0, 0.1) is 0 Å². The molecule has 1 unspecified atom stereocenters. The first-order chi connectivity index (χ1) is 8.02. The van der Waals surface area contributed by atoms with E-state index in [1.807, 2.05) is 0 Å². The molecule has 0 radical (unpaired) electrons. The maximum Gasteiger partial charge on any atom is 0.337 e. The van der Waals surface area contributed by atoms with Gasteiger partial charge in [0.25, 0.3) is 0 Å². The van der Waals surface area contributed by atoms with Crippen LogP contribution in [0.2, 0.25) is 0 Å². The normalized spacial score (nSPS) is 17.9. The van der Waals surface area contributed by atoms with E-state index in [9.17, 15) is 9.90 Å². The smallest absolute Gasteiger partial charge is 0.337 e. The van der Waals surface area contributed by atoms with Crippen LogP contribution >= 0.6 is 28.6 Å². The minimum atomic E-state index is -0.854. The molecule has 1 atom stereocenters. The fraction of sp³-hybridized carbons (Fsp3) is 0.182. The average Bonchev–Trinajstić information content (AvgIpc) is 2.29. The molecule has 1 aromatic carbocycles. The summed E-state index contributed by atoms with van der Waals surface area (Å²) in [5, 5.41) is 10.2. The van der Waals surface area contributed by atoms with Gasteiger partial charge in [-0.15, -0.1) is 12.6 Å². The quantitative estimate of drug-likeness (QED) is 0.617. The van der Waals surface area contributed by atoms with Crippen molar-refractivity contribution in [2.45, 2.75) is 6.10 Å². The first-order valence-corrected chi connectivity index (χ1v) is 5.95. The zero-order valence-electron chi connectivity index (χ0n) is 8.81. The Hall–Kier alpha value is -0.980. The average molecular weight is 317 g/mol. The zero-order valence-corrected chi connectivity index (χ0v) is 11.3. The second-order valence-corrected chi connectivity index (χ2v) is 4.71. The monoisotopic (exact) mass is 316 g/mol. The number of ether oxygens (including phenoxy) is 2. The Morgan fingerprint density at radius 1 is 1.59 bits per heavy atom. The van der Waals surface area contributed by atoms with Gasteiger partial charge in [0.2, 0.25) is 0 Å². The number of methoxy groups -OCH3 is 1. The lowest BCUT2D eigenvalue weighted by molar-refractivity contribution is 0.0600. The summed E-state index contributed by atoms with van der Waals surface area (Å²) in [7, 11) is 1.30. The molecule has 2 rings (SSSR count). The number of benzene rings is 1. The Kier molecular flexibility index (Phi) is 3.46. The first-order valence-electron chi connectivity index (χ1n) is 4.71. The number of rotatable bonds is 1. The number of carbonyl (C=O) groups excluding carboxylic acids is 1. The molecule has 1 aliphatic rings. The Morgan fingerprint density at radius 3 is 2.94 bits per heavy atom. The fourth-order valence-corrected chi connectivity index (χ4v) is 2.33. The topological polar surface area (TPSA) is 55.8 Å². The molecule has 0 amide bonds. The van der Waals surface area contributed by atoms with Gasteiger partial charge in [-0.2, -0.15) is 0 Å². The van der Waals surface area contributed by atoms with Gasteiger partial charge in [0, 0.05) is 5.56 Å². The van der Waals surface area contributed by atoms with Gasteiger partial charge >= 0.3 is 5.97 Å². The van der Waals surface area contributed by atoms with Crippen LogP contribution < -0.4 is 4.74 Å². The van der Waals surface area contributed by atoms with Gasteiger partial charge in [-0.3, -0.25) is 0 Å². The number of aliphatic hydroxyl groups excluding tert-OH is 1. The number of esters is 1. The van der Waals surface area contributed by atoms with Crippen molar-refractivity contribution in [2.75, 3.05) is 7.11 Å². The summed E-state index contributed by atoms with van der Waals surface area (Å²) in [6.07, 6.45) is 0.589. The first kappa shape index (κ1) is 12.5. The molecular formula is C11H9BrO4S.